The van der Waals surface area contributed by atoms with Gasteiger partial charge in [-0.05, 0) is 64.6 Å². The van der Waals surface area contributed by atoms with Crippen molar-refractivity contribution in [1.29, 1.82) is 0 Å². The molecule has 2 rings (SSSR count). The van der Waals surface area contributed by atoms with Crippen LogP contribution in [0.2, 0.25) is 0 Å². The maximum Gasteiger partial charge on any atom is 0.416 e. The van der Waals surface area contributed by atoms with E-state index >= 15 is 0 Å². The van der Waals surface area contributed by atoms with Crippen molar-refractivity contribution < 1.29 is 17.9 Å². The van der Waals surface area contributed by atoms with Crippen LogP contribution in [0.1, 0.15) is 17.5 Å². The smallest absolute Gasteiger partial charge is 0.416 e. The third kappa shape index (κ3) is 4.23. The fourth-order valence-electron chi connectivity index (χ4n) is 2.31. The number of hydrogen-bond acceptors (Lipinski definition) is 3. The second-order valence-corrected chi connectivity index (χ2v) is 5.89. The molecule has 23 heavy (non-hydrogen) atoms. The summed E-state index contributed by atoms with van der Waals surface area (Å²) in [5.41, 5.74) is 6.71. The summed E-state index contributed by atoms with van der Waals surface area (Å²) in [6.07, 6.45) is -1.76. The van der Waals surface area contributed by atoms with Crippen molar-refractivity contribution in [1.82, 2.24) is 4.98 Å². The summed E-state index contributed by atoms with van der Waals surface area (Å²) in [5.74, 6) is 0.363. The number of benzene rings is 1. The van der Waals surface area contributed by atoms with E-state index in [2.05, 4.69) is 20.9 Å². The molecule has 0 unspecified atom stereocenters. The van der Waals surface area contributed by atoms with E-state index in [9.17, 15) is 13.2 Å². The third-order valence-corrected chi connectivity index (χ3v) is 3.82. The molecule has 1 aromatic carbocycles. The Morgan fingerprint density at radius 3 is 2.57 bits per heavy atom. The first kappa shape index (κ1) is 17.7. The van der Waals surface area contributed by atoms with E-state index in [1.54, 1.807) is 12.3 Å². The Hall–Kier alpha value is -1.60. The van der Waals surface area contributed by atoms with E-state index in [0.717, 1.165) is 10.5 Å². The van der Waals surface area contributed by atoms with Gasteiger partial charge in [0.15, 0.2) is 0 Å². The summed E-state index contributed by atoms with van der Waals surface area (Å²) in [6, 6.07) is 5.48. The van der Waals surface area contributed by atoms with Crippen LogP contribution in [-0.4, -0.2) is 18.6 Å². The first-order chi connectivity index (χ1) is 10.9. The first-order valence-corrected chi connectivity index (χ1v) is 7.76. The molecule has 0 saturated heterocycles. The van der Waals surface area contributed by atoms with Crippen LogP contribution in [0, 0.1) is 0 Å². The number of aryl methyl sites for hydroxylation is 1. The Bertz CT molecular complexity index is 690. The summed E-state index contributed by atoms with van der Waals surface area (Å²) < 4.78 is 44.8. The summed E-state index contributed by atoms with van der Waals surface area (Å²) >= 11 is 3.33. The summed E-state index contributed by atoms with van der Waals surface area (Å²) in [6.45, 7) is 0.406. The largest absolute Gasteiger partial charge is 0.481 e. The molecule has 2 N–H and O–H groups in total. The minimum Gasteiger partial charge on any atom is -0.481 e. The minimum absolute atomic E-state index is 0.363. The number of hydrogen-bond donors (Lipinski definition) is 1. The van der Waals surface area contributed by atoms with E-state index in [0.29, 0.717) is 42.0 Å². The normalized spacial score (nSPS) is 11.6. The molecule has 124 valence electrons. The molecule has 0 atom stereocenters. The number of alkyl halides is 3. The van der Waals surface area contributed by atoms with Gasteiger partial charge in [-0.1, -0.05) is 6.07 Å². The Morgan fingerprint density at radius 1 is 1.22 bits per heavy atom. The zero-order chi connectivity index (χ0) is 17.0. The van der Waals surface area contributed by atoms with Gasteiger partial charge in [-0.3, -0.25) is 0 Å². The predicted molar refractivity (Wildman–Crippen MR) is 86.3 cm³/mol. The fraction of sp³-hybridized carbons (Fsp3) is 0.312. The van der Waals surface area contributed by atoms with Gasteiger partial charge in [-0.25, -0.2) is 4.98 Å². The lowest BCUT2D eigenvalue weighted by Crippen LogP contribution is -2.08. The van der Waals surface area contributed by atoms with Gasteiger partial charge in [0.2, 0.25) is 5.88 Å². The van der Waals surface area contributed by atoms with Crippen molar-refractivity contribution in [3.8, 4) is 17.0 Å². The Balaban J connectivity index is 2.59. The predicted octanol–water partition coefficient (Wildman–Crippen LogP) is 4.43. The molecule has 2 aromatic rings. The highest BCUT2D eigenvalue weighted by Gasteiger charge is 2.31. The van der Waals surface area contributed by atoms with Gasteiger partial charge in [-0.2, -0.15) is 13.2 Å². The molecule has 0 amide bonds. The van der Waals surface area contributed by atoms with Crippen molar-refractivity contribution in [2.75, 3.05) is 13.7 Å². The molecule has 0 aliphatic carbocycles. The van der Waals surface area contributed by atoms with Crippen LogP contribution < -0.4 is 10.5 Å². The molecule has 0 fully saturated rings. The number of nitrogens with zero attached hydrogens (tertiary/aromatic N) is 1. The van der Waals surface area contributed by atoms with Crippen LogP contribution in [-0.2, 0) is 12.6 Å². The van der Waals surface area contributed by atoms with Crippen molar-refractivity contribution in [3.63, 3.8) is 0 Å². The lowest BCUT2D eigenvalue weighted by atomic mass is 9.95. The Labute approximate surface area is 140 Å². The van der Waals surface area contributed by atoms with Gasteiger partial charge >= 0.3 is 6.18 Å². The molecule has 0 radical (unpaired) electrons. The van der Waals surface area contributed by atoms with E-state index in [1.165, 1.54) is 19.2 Å². The molecule has 0 bridgehead atoms. The van der Waals surface area contributed by atoms with Crippen molar-refractivity contribution in [3.05, 3.63) is 46.1 Å². The molecule has 0 aliphatic rings. The molecule has 1 heterocycles. The van der Waals surface area contributed by atoms with Crippen LogP contribution in [0.4, 0.5) is 13.2 Å². The Morgan fingerprint density at radius 2 is 1.96 bits per heavy atom. The van der Waals surface area contributed by atoms with Gasteiger partial charge in [0.1, 0.15) is 0 Å². The highest BCUT2D eigenvalue weighted by Crippen LogP contribution is 2.37. The number of halogens is 4. The van der Waals surface area contributed by atoms with Gasteiger partial charge in [-0.15, -0.1) is 0 Å². The summed E-state index contributed by atoms with van der Waals surface area (Å²) in [4.78, 5) is 4.15. The van der Waals surface area contributed by atoms with E-state index < -0.39 is 11.7 Å². The first-order valence-electron chi connectivity index (χ1n) is 6.97. The molecule has 0 aliphatic heterocycles. The molecular formula is C16H16BrF3N2O. The van der Waals surface area contributed by atoms with E-state index in [4.69, 9.17) is 10.5 Å². The van der Waals surface area contributed by atoms with Crippen molar-refractivity contribution in [2.24, 2.45) is 5.73 Å². The highest BCUT2D eigenvalue weighted by molar-refractivity contribution is 9.10. The Kier molecular flexibility index (Phi) is 5.64. The standard InChI is InChI=1S/C16H16BrF3N2O/c1-23-15-14(8-12(17)9-22-15)13-5-4-11(16(18,19)20)7-10(13)3-2-6-21/h4-5,7-9H,2-3,6,21H2,1H3. The fourth-order valence-corrected chi connectivity index (χ4v) is 2.65. The second kappa shape index (κ2) is 7.31. The third-order valence-electron chi connectivity index (χ3n) is 3.38. The van der Waals surface area contributed by atoms with Crippen molar-refractivity contribution >= 4 is 15.9 Å². The average molecular weight is 389 g/mol. The second-order valence-electron chi connectivity index (χ2n) is 4.97. The molecule has 0 spiro atoms. The lowest BCUT2D eigenvalue weighted by Gasteiger charge is -2.15. The molecular weight excluding hydrogens is 373 g/mol. The topological polar surface area (TPSA) is 48.1 Å². The maximum absolute atomic E-state index is 13.0. The van der Waals surface area contributed by atoms with E-state index in [-0.39, 0.29) is 0 Å². The molecule has 3 nitrogen and oxygen atoms in total. The number of aromatic nitrogens is 1. The number of pyridine rings is 1. The average Bonchev–Trinajstić information content (AvgIpc) is 2.51. The van der Waals surface area contributed by atoms with Crippen LogP contribution in [0.5, 0.6) is 5.88 Å². The monoisotopic (exact) mass is 388 g/mol. The van der Waals surface area contributed by atoms with Gasteiger partial charge in [0.05, 0.1) is 12.7 Å². The number of rotatable bonds is 5. The van der Waals surface area contributed by atoms with Crippen LogP contribution in [0.15, 0.2) is 34.9 Å². The minimum atomic E-state index is -4.38. The zero-order valence-electron chi connectivity index (χ0n) is 12.5. The molecule has 7 heteroatoms. The zero-order valence-corrected chi connectivity index (χ0v) is 14.0. The van der Waals surface area contributed by atoms with Gasteiger partial charge in [0.25, 0.3) is 0 Å². The van der Waals surface area contributed by atoms with Crippen molar-refractivity contribution in [2.45, 2.75) is 19.0 Å². The van der Waals surface area contributed by atoms with E-state index in [1.807, 2.05) is 0 Å². The maximum atomic E-state index is 13.0. The van der Waals surface area contributed by atoms with Gasteiger partial charge < -0.3 is 10.5 Å². The van der Waals surface area contributed by atoms with Crippen LogP contribution in [0.25, 0.3) is 11.1 Å². The van der Waals surface area contributed by atoms with Crippen LogP contribution in [0.3, 0.4) is 0 Å². The summed E-state index contributed by atoms with van der Waals surface area (Å²) in [5, 5.41) is 0. The number of nitrogens with two attached hydrogens (primary N) is 1. The molecule has 1 aromatic heterocycles. The van der Waals surface area contributed by atoms with Crippen LogP contribution >= 0.6 is 15.9 Å². The highest BCUT2D eigenvalue weighted by atomic mass is 79.9. The lowest BCUT2D eigenvalue weighted by molar-refractivity contribution is -0.137. The number of methoxy groups -OCH3 is 1. The van der Waals surface area contributed by atoms with Gasteiger partial charge in [0, 0.05) is 16.2 Å². The molecule has 0 saturated carbocycles. The quantitative estimate of drug-likeness (QED) is 0.823. The number of ether oxygens (including phenoxy) is 1. The summed E-state index contributed by atoms with van der Waals surface area (Å²) in [7, 11) is 1.48. The SMILES string of the molecule is COc1ncc(Br)cc1-c1ccc(C(F)(F)F)cc1CCCN.